The largest absolute Gasteiger partial charge is 0.316 e. The molecule has 3 nitrogen and oxygen atoms in total. The van der Waals surface area contributed by atoms with Crippen LogP contribution in [0.2, 0.25) is 0 Å². The number of hydrogen-bond acceptors (Lipinski definition) is 2. The molecule has 3 rings (SSSR count). The highest BCUT2D eigenvalue weighted by Crippen LogP contribution is 2.30. The molecule has 1 N–H and O–H groups in total. The number of nitrogens with zero attached hydrogens (tertiary/aromatic N) is 1. The van der Waals surface area contributed by atoms with Gasteiger partial charge in [0.2, 0.25) is 5.91 Å². The highest BCUT2D eigenvalue weighted by atomic mass is 16.2. The maximum absolute atomic E-state index is 12.1. The molecule has 0 radical (unpaired) electrons. The second kappa shape index (κ2) is 4.73. The average Bonchev–Trinajstić information content (AvgIpc) is 2.66. The van der Waals surface area contributed by atoms with E-state index in [1.165, 1.54) is 24.0 Å². The van der Waals surface area contributed by atoms with Gasteiger partial charge in [0.25, 0.3) is 0 Å². The van der Waals surface area contributed by atoms with Crippen LogP contribution in [0.15, 0.2) is 18.2 Å². The molecule has 2 aliphatic rings. The summed E-state index contributed by atoms with van der Waals surface area (Å²) in [5, 5.41) is 3.42. The molecule has 3 heteroatoms. The van der Waals surface area contributed by atoms with Crippen LogP contribution in [0.5, 0.6) is 0 Å². The van der Waals surface area contributed by atoms with Crippen LogP contribution < -0.4 is 10.2 Å². The minimum absolute atomic E-state index is 0.265. The van der Waals surface area contributed by atoms with Crippen molar-refractivity contribution in [2.45, 2.75) is 26.2 Å². The Labute approximate surface area is 108 Å². The molecule has 1 atom stereocenters. The molecule has 96 valence electrons. The molecule has 0 bridgehead atoms. The Morgan fingerprint density at radius 3 is 3.11 bits per heavy atom. The molecule has 2 aliphatic heterocycles. The number of benzene rings is 1. The third-order valence-corrected chi connectivity index (χ3v) is 4.01. The molecular weight excluding hydrogens is 224 g/mol. The predicted molar refractivity (Wildman–Crippen MR) is 72.8 cm³/mol. The van der Waals surface area contributed by atoms with E-state index in [4.69, 9.17) is 0 Å². The van der Waals surface area contributed by atoms with Crippen molar-refractivity contribution in [3.8, 4) is 0 Å². The molecule has 1 saturated heterocycles. The summed E-state index contributed by atoms with van der Waals surface area (Å²) in [4.78, 5) is 14.1. The Bertz CT molecular complexity index is 464. The molecule has 1 amide bonds. The minimum atomic E-state index is 0.265. The number of rotatable bonds is 2. The molecule has 18 heavy (non-hydrogen) atoms. The average molecular weight is 244 g/mol. The van der Waals surface area contributed by atoms with E-state index in [0.717, 1.165) is 25.3 Å². The maximum atomic E-state index is 12.1. The number of nitrogens with one attached hydrogen (secondary N) is 1. The fraction of sp³-hybridized carbons (Fsp3) is 0.533. The van der Waals surface area contributed by atoms with Gasteiger partial charge in [-0.3, -0.25) is 4.79 Å². The van der Waals surface area contributed by atoms with Crippen molar-refractivity contribution < 1.29 is 4.79 Å². The van der Waals surface area contributed by atoms with E-state index in [-0.39, 0.29) is 5.91 Å². The standard InChI is InChI=1S/C15H20N2O/c1-11-4-5-14-13(7-11)8-15(18)17(14)10-12-3-2-6-16-9-12/h4-5,7,12,16H,2-3,6,8-10H2,1H3. The summed E-state index contributed by atoms with van der Waals surface area (Å²) < 4.78 is 0. The molecule has 1 unspecified atom stereocenters. The van der Waals surface area contributed by atoms with E-state index in [0.29, 0.717) is 12.3 Å². The van der Waals surface area contributed by atoms with Crippen LogP contribution in [0.4, 0.5) is 5.69 Å². The Morgan fingerprint density at radius 1 is 1.44 bits per heavy atom. The minimum Gasteiger partial charge on any atom is -0.316 e. The number of fused-ring (bicyclic) bond motifs is 1. The van der Waals surface area contributed by atoms with Crippen molar-refractivity contribution in [2.75, 3.05) is 24.5 Å². The summed E-state index contributed by atoms with van der Waals surface area (Å²) in [7, 11) is 0. The lowest BCUT2D eigenvalue weighted by Crippen LogP contribution is -2.39. The Hall–Kier alpha value is -1.35. The fourth-order valence-electron chi connectivity index (χ4n) is 3.05. The van der Waals surface area contributed by atoms with Crippen LogP contribution in [-0.2, 0) is 11.2 Å². The molecule has 1 fully saturated rings. The molecule has 0 saturated carbocycles. The summed E-state index contributed by atoms with van der Waals surface area (Å²) in [5.41, 5.74) is 3.57. The Kier molecular flexibility index (Phi) is 3.08. The highest BCUT2D eigenvalue weighted by molar-refractivity contribution is 6.01. The lowest BCUT2D eigenvalue weighted by atomic mass is 9.99. The van der Waals surface area contributed by atoms with Gasteiger partial charge < -0.3 is 10.2 Å². The first kappa shape index (κ1) is 11.7. The zero-order valence-corrected chi connectivity index (χ0v) is 10.9. The van der Waals surface area contributed by atoms with E-state index in [1.54, 1.807) is 0 Å². The topological polar surface area (TPSA) is 32.3 Å². The molecule has 0 aromatic heterocycles. The summed E-state index contributed by atoms with van der Waals surface area (Å²) in [5.74, 6) is 0.871. The number of anilines is 1. The summed E-state index contributed by atoms with van der Waals surface area (Å²) in [6, 6.07) is 6.35. The Balaban J connectivity index is 1.78. The van der Waals surface area contributed by atoms with Gasteiger partial charge in [-0.15, -0.1) is 0 Å². The van der Waals surface area contributed by atoms with Crippen LogP contribution in [0.1, 0.15) is 24.0 Å². The summed E-state index contributed by atoms with van der Waals surface area (Å²) in [6.45, 7) is 5.13. The van der Waals surface area contributed by atoms with Gasteiger partial charge >= 0.3 is 0 Å². The quantitative estimate of drug-likeness (QED) is 0.861. The van der Waals surface area contributed by atoms with Gasteiger partial charge in [-0.1, -0.05) is 17.7 Å². The highest BCUT2D eigenvalue weighted by Gasteiger charge is 2.29. The number of piperidine rings is 1. The van der Waals surface area contributed by atoms with Crippen molar-refractivity contribution in [3.63, 3.8) is 0 Å². The Morgan fingerprint density at radius 2 is 2.33 bits per heavy atom. The second-order valence-corrected chi connectivity index (χ2v) is 5.53. The number of carbonyl (C=O) groups excluding carboxylic acids is 1. The van der Waals surface area contributed by atoms with Crippen LogP contribution in [0.3, 0.4) is 0 Å². The second-order valence-electron chi connectivity index (χ2n) is 5.53. The van der Waals surface area contributed by atoms with Gasteiger partial charge in [-0.2, -0.15) is 0 Å². The van der Waals surface area contributed by atoms with Crippen molar-refractivity contribution in [2.24, 2.45) is 5.92 Å². The lowest BCUT2D eigenvalue weighted by molar-refractivity contribution is -0.117. The molecule has 1 aromatic carbocycles. The smallest absolute Gasteiger partial charge is 0.231 e. The molecule has 0 spiro atoms. The first-order valence-corrected chi connectivity index (χ1v) is 6.84. The van der Waals surface area contributed by atoms with Gasteiger partial charge in [-0.05, 0) is 50.4 Å². The van der Waals surface area contributed by atoms with Crippen LogP contribution in [0.25, 0.3) is 0 Å². The van der Waals surface area contributed by atoms with Crippen LogP contribution >= 0.6 is 0 Å². The van der Waals surface area contributed by atoms with Crippen LogP contribution in [-0.4, -0.2) is 25.5 Å². The van der Waals surface area contributed by atoms with E-state index in [1.807, 2.05) is 4.90 Å². The van der Waals surface area contributed by atoms with Gasteiger partial charge in [0.15, 0.2) is 0 Å². The van der Waals surface area contributed by atoms with Gasteiger partial charge in [0, 0.05) is 12.2 Å². The molecule has 1 aromatic rings. The van der Waals surface area contributed by atoms with E-state index in [9.17, 15) is 4.79 Å². The fourth-order valence-corrected chi connectivity index (χ4v) is 3.05. The molecule has 2 heterocycles. The van der Waals surface area contributed by atoms with Gasteiger partial charge in [0.1, 0.15) is 0 Å². The van der Waals surface area contributed by atoms with Crippen molar-refractivity contribution >= 4 is 11.6 Å². The monoisotopic (exact) mass is 244 g/mol. The van der Waals surface area contributed by atoms with Crippen LogP contribution in [0, 0.1) is 12.8 Å². The first-order chi connectivity index (χ1) is 8.74. The number of carbonyl (C=O) groups is 1. The number of amides is 1. The molecule has 0 aliphatic carbocycles. The number of hydrogen-bond donors (Lipinski definition) is 1. The third kappa shape index (κ3) is 2.15. The SMILES string of the molecule is Cc1ccc2c(c1)CC(=O)N2CC1CCCNC1. The zero-order chi connectivity index (χ0) is 12.5. The van der Waals surface area contributed by atoms with Crippen molar-refractivity contribution in [3.05, 3.63) is 29.3 Å². The van der Waals surface area contributed by atoms with E-state index < -0.39 is 0 Å². The number of aryl methyl sites for hydroxylation is 1. The maximum Gasteiger partial charge on any atom is 0.231 e. The molecular formula is C15H20N2O. The van der Waals surface area contributed by atoms with Crippen molar-refractivity contribution in [1.82, 2.24) is 5.32 Å². The third-order valence-electron chi connectivity index (χ3n) is 4.01. The van der Waals surface area contributed by atoms with Gasteiger partial charge in [0.05, 0.1) is 6.42 Å². The summed E-state index contributed by atoms with van der Waals surface area (Å²) in [6.07, 6.45) is 3.04. The zero-order valence-electron chi connectivity index (χ0n) is 10.9. The predicted octanol–water partition coefficient (Wildman–Crippen LogP) is 1.88. The van der Waals surface area contributed by atoms with Crippen molar-refractivity contribution in [1.29, 1.82) is 0 Å². The summed E-state index contributed by atoms with van der Waals surface area (Å²) >= 11 is 0. The lowest BCUT2D eigenvalue weighted by Gasteiger charge is -2.28. The van der Waals surface area contributed by atoms with E-state index in [2.05, 4.69) is 30.4 Å². The normalized spacial score (nSPS) is 23.3. The van der Waals surface area contributed by atoms with E-state index >= 15 is 0 Å². The first-order valence-electron chi connectivity index (χ1n) is 6.84. The van der Waals surface area contributed by atoms with Gasteiger partial charge in [-0.25, -0.2) is 0 Å².